The van der Waals surface area contributed by atoms with Gasteiger partial charge in [-0.05, 0) is 98.2 Å². The maximum absolute atomic E-state index is 13.3. The number of ether oxygens (including phenoxy) is 1. The number of fused-ring (bicyclic) bond motifs is 2. The molecule has 2 N–H and O–H groups in total. The number of carbonyl (C=O) groups excluding carboxylic acids is 1. The van der Waals surface area contributed by atoms with Crippen LogP contribution < -0.4 is 14.4 Å². The molecule has 0 aromatic heterocycles. The fraction of sp³-hybridized carbons (Fsp3) is 0.571. The molecule has 0 radical (unpaired) electrons. The molecule has 2 heterocycles. The van der Waals surface area contributed by atoms with Crippen LogP contribution in [0, 0.1) is 23.7 Å². The molecule has 8 unspecified atom stereocenters. The van der Waals surface area contributed by atoms with Crippen molar-refractivity contribution in [3.63, 3.8) is 0 Å². The Morgan fingerprint density at radius 1 is 1.14 bits per heavy atom. The Kier molecular flexibility index (Phi) is 10.6. The number of nitrogens with zero attached hydrogens (tertiary/aromatic N) is 1. The smallest absolute Gasteiger partial charge is 0.263 e. The van der Waals surface area contributed by atoms with Gasteiger partial charge in [-0.15, -0.1) is 0 Å². The summed E-state index contributed by atoms with van der Waals surface area (Å²) in [6.07, 6.45) is 9.62. The van der Waals surface area contributed by atoms with Crippen molar-refractivity contribution in [3.05, 3.63) is 70.3 Å². The Morgan fingerprint density at radius 2 is 1.95 bits per heavy atom. The molecule has 2 aromatic rings. The van der Waals surface area contributed by atoms with Crippen LogP contribution >= 0.6 is 11.6 Å². The number of halogens is 1. The first kappa shape index (κ1) is 32.1. The molecule has 2 aromatic carbocycles. The molecular weight excluding hydrogens is 580 g/mol. The van der Waals surface area contributed by atoms with Crippen LogP contribution in [-0.2, 0) is 17.4 Å². The lowest BCUT2D eigenvalue weighted by Gasteiger charge is -2.45. The van der Waals surface area contributed by atoms with Crippen LogP contribution in [0.25, 0.3) is 0 Å². The van der Waals surface area contributed by atoms with Crippen molar-refractivity contribution < 1.29 is 18.8 Å². The van der Waals surface area contributed by atoms with Gasteiger partial charge in [0.15, 0.2) is 0 Å². The molecule has 8 heteroatoms. The lowest BCUT2D eigenvalue weighted by molar-refractivity contribution is 0.0317. The van der Waals surface area contributed by atoms with Crippen molar-refractivity contribution in [2.75, 3.05) is 24.6 Å². The normalized spacial score (nSPS) is 31.1. The summed E-state index contributed by atoms with van der Waals surface area (Å²) < 4.78 is 22.4. The fourth-order valence-corrected chi connectivity index (χ4v) is 8.20. The van der Waals surface area contributed by atoms with Gasteiger partial charge in [0.25, 0.3) is 5.91 Å². The topological polar surface area (TPSA) is 78.9 Å². The molecule has 1 saturated carbocycles. The highest BCUT2D eigenvalue weighted by molar-refractivity contribution is 7.84. The summed E-state index contributed by atoms with van der Waals surface area (Å²) in [5.74, 6) is 1.54. The Balaban J connectivity index is 1.55. The van der Waals surface area contributed by atoms with Crippen molar-refractivity contribution in [3.8, 4) is 5.75 Å². The number of carbonyl (C=O) groups is 1. The molecule has 6 nitrogen and oxygen atoms in total. The lowest BCUT2D eigenvalue weighted by Crippen LogP contribution is -2.44. The number of allylic oxidation sites excluding steroid dienone is 1. The third-order valence-electron chi connectivity index (χ3n) is 9.99. The van der Waals surface area contributed by atoms with E-state index in [-0.39, 0.29) is 28.9 Å². The molecule has 1 fully saturated rings. The number of nitrogens with one attached hydrogen (secondary N) is 1. The quantitative estimate of drug-likeness (QED) is 0.347. The first-order valence-electron chi connectivity index (χ1n) is 16.1. The Labute approximate surface area is 264 Å². The largest absolute Gasteiger partial charge is 0.491 e. The van der Waals surface area contributed by atoms with Gasteiger partial charge in [0.05, 0.1) is 23.6 Å². The minimum atomic E-state index is -1.53. The number of aliphatic hydroxyl groups is 1. The number of aryl methyl sites for hydroxylation is 1. The van der Waals surface area contributed by atoms with Crippen molar-refractivity contribution in [1.82, 2.24) is 4.72 Å². The number of hydrogen-bond donors (Lipinski definition) is 2. The molecule has 1 amide bonds. The van der Waals surface area contributed by atoms with Crippen LogP contribution in [0.4, 0.5) is 5.69 Å². The van der Waals surface area contributed by atoms with E-state index in [0.29, 0.717) is 30.4 Å². The van der Waals surface area contributed by atoms with Gasteiger partial charge in [0.1, 0.15) is 16.7 Å². The highest BCUT2D eigenvalue weighted by Crippen LogP contribution is 2.45. The highest BCUT2D eigenvalue weighted by Gasteiger charge is 2.40. The average Bonchev–Trinajstić information content (AvgIpc) is 3.16. The summed E-state index contributed by atoms with van der Waals surface area (Å²) in [4.78, 5) is 15.7. The second-order valence-electron chi connectivity index (χ2n) is 12.8. The predicted octanol–water partition coefficient (Wildman–Crippen LogP) is 7.07. The van der Waals surface area contributed by atoms with Crippen molar-refractivity contribution in [2.45, 2.75) is 83.5 Å². The van der Waals surface area contributed by atoms with Crippen LogP contribution in [0.15, 0.2) is 48.6 Å². The maximum atomic E-state index is 13.3. The van der Waals surface area contributed by atoms with Gasteiger partial charge < -0.3 is 14.7 Å². The van der Waals surface area contributed by atoms with Crippen LogP contribution in [0.2, 0.25) is 5.02 Å². The first-order valence-corrected chi connectivity index (χ1v) is 17.7. The van der Waals surface area contributed by atoms with E-state index < -0.39 is 17.1 Å². The Morgan fingerprint density at radius 3 is 2.67 bits per heavy atom. The number of amides is 1. The number of rotatable bonds is 5. The maximum Gasteiger partial charge on any atom is 0.263 e. The number of benzene rings is 2. The molecule has 3 aliphatic rings. The van der Waals surface area contributed by atoms with Crippen molar-refractivity contribution in [1.29, 1.82) is 0 Å². The summed E-state index contributed by atoms with van der Waals surface area (Å²) in [5, 5.41) is 11.7. The predicted molar refractivity (Wildman–Crippen MR) is 176 cm³/mol. The van der Waals surface area contributed by atoms with E-state index in [0.717, 1.165) is 61.7 Å². The zero-order valence-corrected chi connectivity index (χ0v) is 27.5. The average molecular weight is 627 g/mol. The second-order valence-corrected chi connectivity index (χ2v) is 14.8. The SMILES string of the molecule is CCCc1cc(Cl)ccc1C1COc2ccc3cc2N(C1)CC1CCC1C(C(O)CC)/C=C/CC(C)C(C)S(=O)NC3=O. The van der Waals surface area contributed by atoms with E-state index in [1.54, 1.807) is 6.07 Å². The van der Waals surface area contributed by atoms with Crippen LogP contribution in [0.5, 0.6) is 5.75 Å². The summed E-state index contributed by atoms with van der Waals surface area (Å²) in [6.45, 7) is 10.3. The van der Waals surface area contributed by atoms with Gasteiger partial charge in [-0.25, -0.2) is 4.21 Å². The third-order valence-corrected chi connectivity index (χ3v) is 11.8. The molecule has 0 saturated heterocycles. The molecule has 43 heavy (non-hydrogen) atoms. The molecule has 1 aliphatic carbocycles. The fourth-order valence-electron chi connectivity index (χ4n) is 6.99. The molecular formula is C35H47ClN2O4S. The Bertz CT molecular complexity index is 1350. The number of aliphatic hydroxyl groups excluding tert-OH is 1. The summed E-state index contributed by atoms with van der Waals surface area (Å²) >= 11 is 6.42. The van der Waals surface area contributed by atoms with E-state index in [2.05, 4.69) is 54.7 Å². The van der Waals surface area contributed by atoms with E-state index in [9.17, 15) is 14.1 Å². The molecule has 8 atom stereocenters. The van der Waals surface area contributed by atoms with Crippen molar-refractivity contribution >= 4 is 34.2 Å². The van der Waals surface area contributed by atoms with E-state index in [1.165, 1.54) is 11.1 Å². The van der Waals surface area contributed by atoms with Gasteiger partial charge in [-0.3, -0.25) is 9.52 Å². The van der Waals surface area contributed by atoms with E-state index in [1.807, 2.05) is 25.1 Å². The first-order chi connectivity index (χ1) is 20.7. The van der Waals surface area contributed by atoms with E-state index >= 15 is 0 Å². The van der Waals surface area contributed by atoms with Gasteiger partial charge in [-0.2, -0.15) is 0 Å². The van der Waals surface area contributed by atoms with Crippen LogP contribution in [0.3, 0.4) is 0 Å². The highest BCUT2D eigenvalue weighted by atomic mass is 35.5. The minimum Gasteiger partial charge on any atom is -0.491 e. The van der Waals surface area contributed by atoms with Crippen LogP contribution in [0.1, 0.15) is 87.2 Å². The van der Waals surface area contributed by atoms with Gasteiger partial charge >= 0.3 is 0 Å². The number of hydrogen-bond acceptors (Lipinski definition) is 5. The molecule has 2 bridgehead atoms. The third kappa shape index (κ3) is 7.15. The summed E-state index contributed by atoms with van der Waals surface area (Å²) in [6, 6.07) is 11.8. The molecule has 2 aliphatic heterocycles. The van der Waals surface area contributed by atoms with Gasteiger partial charge in [-0.1, -0.05) is 57.0 Å². The zero-order valence-electron chi connectivity index (χ0n) is 25.9. The van der Waals surface area contributed by atoms with Crippen molar-refractivity contribution in [2.24, 2.45) is 23.7 Å². The summed E-state index contributed by atoms with van der Waals surface area (Å²) in [7, 11) is -1.53. The Hall–Kier alpha value is -2.35. The summed E-state index contributed by atoms with van der Waals surface area (Å²) in [5.41, 5.74) is 3.89. The standard InChI is InChI=1S/C35H47ClN2O4S/c1-5-8-24-17-28(36)13-15-29(24)27-20-38-19-26-11-14-30(26)31(33(39)6-2)10-7-9-22(3)23(4)43(41)37-35(40)25-12-16-34(42-21-27)32(38)18-25/h7,10,12-13,15-18,22-23,26-27,30-31,33,39H,5-6,8-9,11,14,19-21H2,1-4H3,(H,37,40)/b10-7+. The molecule has 5 rings (SSSR count). The van der Waals surface area contributed by atoms with Gasteiger partial charge in [0.2, 0.25) is 0 Å². The van der Waals surface area contributed by atoms with Crippen LogP contribution in [-0.4, -0.2) is 46.3 Å². The zero-order chi connectivity index (χ0) is 30.7. The monoisotopic (exact) mass is 626 g/mol. The minimum absolute atomic E-state index is 0.0848. The lowest BCUT2D eigenvalue weighted by atomic mass is 9.64. The molecule has 234 valence electrons. The molecule has 0 spiro atoms. The van der Waals surface area contributed by atoms with E-state index in [4.69, 9.17) is 16.3 Å². The number of anilines is 1. The second kappa shape index (κ2) is 14.2. The van der Waals surface area contributed by atoms with Gasteiger partial charge in [0, 0.05) is 35.5 Å².